The third kappa shape index (κ3) is 3.44. The monoisotopic (exact) mass is 317 g/mol. The van der Waals surface area contributed by atoms with E-state index in [-0.39, 0.29) is 5.69 Å². The van der Waals surface area contributed by atoms with E-state index in [0.29, 0.717) is 17.3 Å². The number of hydrogen-bond donors (Lipinski definition) is 2. The summed E-state index contributed by atoms with van der Waals surface area (Å²) < 4.78 is 6.90. The summed E-state index contributed by atoms with van der Waals surface area (Å²) in [6.45, 7) is 5.34. The quantitative estimate of drug-likeness (QED) is 0.906. The molecule has 0 spiro atoms. The molecule has 1 fully saturated rings. The van der Waals surface area contributed by atoms with Crippen LogP contribution in [0.3, 0.4) is 0 Å². The van der Waals surface area contributed by atoms with Crippen molar-refractivity contribution in [3.8, 4) is 0 Å². The van der Waals surface area contributed by atoms with Gasteiger partial charge in [0.15, 0.2) is 11.3 Å². The molecule has 1 saturated carbocycles. The van der Waals surface area contributed by atoms with E-state index in [1.807, 2.05) is 12.3 Å². The zero-order valence-corrected chi connectivity index (χ0v) is 13.3. The van der Waals surface area contributed by atoms with E-state index >= 15 is 0 Å². The first-order chi connectivity index (χ1) is 10.7. The Balaban J connectivity index is 1.99. The molecule has 0 unspecified atom stereocenters. The number of nitrogens with one attached hydrogen (secondary N) is 1. The van der Waals surface area contributed by atoms with Crippen molar-refractivity contribution in [1.82, 2.24) is 9.38 Å². The second kappa shape index (κ2) is 5.26. The van der Waals surface area contributed by atoms with Crippen LogP contribution < -0.4 is 5.32 Å². The number of imidazole rings is 1. The van der Waals surface area contributed by atoms with Crippen LogP contribution in [0.1, 0.15) is 55.6 Å². The van der Waals surface area contributed by atoms with Gasteiger partial charge in [0.1, 0.15) is 5.60 Å². The lowest BCUT2D eigenvalue weighted by Gasteiger charge is -2.20. The van der Waals surface area contributed by atoms with Crippen LogP contribution in [0.15, 0.2) is 18.5 Å². The van der Waals surface area contributed by atoms with Crippen molar-refractivity contribution in [3.05, 3.63) is 29.7 Å². The van der Waals surface area contributed by atoms with Crippen molar-refractivity contribution in [3.63, 3.8) is 0 Å². The van der Waals surface area contributed by atoms with Crippen LogP contribution in [-0.2, 0) is 4.74 Å². The van der Waals surface area contributed by atoms with Crippen molar-refractivity contribution < 1.29 is 19.4 Å². The van der Waals surface area contributed by atoms with Crippen LogP contribution in [-0.4, -0.2) is 32.2 Å². The van der Waals surface area contributed by atoms with Crippen LogP contribution in [0.5, 0.6) is 0 Å². The normalized spacial score (nSPS) is 14.7. The van der Waals surface area contributed by atoms with Crippen molar-refractivity contribution in [2.45, 2.75) is 45.1 Å². The number of rotatable bonds is 3. The second-order valence-electron chi connectivity index (χ2n) is 6.75. The molecule has 122 valence electrons. The summed E-state index contributed by atoms with van der Waals surface area (Å²) in [6.07, 6.45) is 4.92. The molecule has 23 heavy (non-hydrogen) atoms. The standard InChI is InChI=1S/C16H19N3O4/c1-16(2,3)23-15(22)18-11-6-10(9-4-5-9)7-19-8-12(14(20)21)17-13(11)19/h6-9H,4-5H2,1-3H3,(H,18,22)(H,20,21). The molecule has 0 radical (unpaired) electrons. The number of carbonyl (C=O) groups excluding carboxylic acids is 1. The SMILES string of the molecule is CC(C)(C)OC(=O)Nc1cc(C2CC2)cn2cc(C(=O)O)nc12. The number of amides is 1. The topological polar surface area (TPSA) is 92.9 Å². The number of nitrogens with zero attached hydrogens (tertiary/aromatic N) is 2. The molecule has 1 amide bonds. The van der Waals surface area contributed by atoms with Gasteiger partial charge in [-0.2, -0.15) is 0 Å². The minimum absolute atomic E-state index is 0.0646. The molecular weight excluding hydrogens is 298 g/mol. The number of anilines is 1. The lowest BCUT2D eigenvalue weighted by Crippen LogP contribution is -2.27. The van der Waals surface area contributed by atoms with Crippen LogP contribution >= 0.6 is 0 Å². The second-order valence-corrected chi connectivity index (χ2v) is 6.75. The van der Waals surface area contributed by atoms with Crippen LogP contribution in [0, 0.1) is 0 Å². The molecule has 0 aliphatic heterocycles. The number of carbonyl (C=O) groups is 2. The molecule has 0 bridgehead atoms. The van der Waals surface area contributed by atoms with Crippen molar-refractivity contribution in [2.75, 3.05) is 5.32 Å². The van der Waals surface area contributed by atoms with Gasteiger partial charge in [-0.3, -0.25) is 5.32 Å². The molecule has 0 saturated heterocycles. The van der Waals surface area contributed by atoms with E-state index in [1.54, 1.807) is 25.2 Å². The number of hydrogen-bond acceptors (Lipinski definition) is 4. The number of ether oxygens (including phenoxy) is 1. The average Bonchev–Trinajstić information content (AvgIpc) is 3.15. The Kier molecular flexibility index (Phi) is 3.50. The number of pyridine rings is 1. The van der Waals surface area contributed by atoms with E-state index in [4.69, 9.17) is 9.84 Å². The maximum Gasteiger partial charge on any atom is 0.412 e. The van der Waals surface area contributed by atoms with Gasteiger partial charge < -0.3 is 14.2 Å². The van der Waals surface area contributed by atoms with Gasteiger partial charge in [-0.1, -0.05) is 0 Å². The number of fused-ring (bicyclic) bond motifs is 1. The Bertz CT molecular complexity index is 784. The number of carboxylic acids is 1. The van der Waals surface area contributed by atoms with E-state index in [0.717, 1.165) is 18.4 Å². The van der Waals surface area contributed by atoms with E-state index in [2.05, 4.69) is 10.3 Å². The van der Waals surface area contributed by atoms with Gasteiger partial charge in [0.05, 0.1) is 5.69 Å². The molecule has 2 heterocycles. The fourth-order valence-electron chi connectivity index (χ4n) is 2.37. The Morgan fingerprint density at radius 2 is 2.04 bits per heavy atom. The predicted octanol–water partition coefficient (Wildman–Crippen LogP) is 3.26. The average molecular weight is 317 g/mol. The van der Waals surface area contributed by atoms with E-state index < -0.39 is 17.7 Å². The molecule has 3 rings (SSSR count). The highest BCUT2D eigenvalue weighted by molar-refractivity contribution is 5.92. The highest BCUT2D eigenvalue weighted by Crippen LogP contribution is 2.41. The van der Waals surface area contributed by atoms with Gasteiger partial charge in [-0.25, -0.2) is 14.6 Å². The van der Waals surface area contributed by atoms with E-state index in [1.165, 1.54) is 6.20 Å². The Morgan fingerprint density at radius 3 is 2.61 bits per heavy atom. The summed E-state index contributed by atoms with van der Waals surface area (Å²) in [6, 6.07) is 1.84. The molecule has 1 aliphatic carbocycles. The summed E-state index contributed by atoms with van der Waals surface area (Å²) in [4.78, 5) is 27.2. The predicted molar refractivity (Wildman–Crippen MR) is 84.0 cm³/mol. The number of aromatic nitrogens is 2. The molecule has 7 nitrogen and oxygen atoms in total. The van der Waals surface area contributed by atoms with Crippen molar-refractivity contribution >= 4 is 23.4 Å². The maximum absolute atomic E-state index is 12.0. The summed E-state index contributed by atoms with van der Waals surface area (Å²) in [7, 11) is 0. The number of aromatic carboxylic acids is 1. The van der Waals surface area contributed by atoms with Gasteiger partial charge in [0, 0.05) is 12.4 Å². The highest BCUT2D eigenvalue weighted by atomic mass is 16.6. The zero-order chi connectivity index (χ0) is 16.8. The van der Waals surface area contributed by atoms with Crippen LogP contribution in [0.4, 0.5) is 10.5 Å². The fourth-order valence-corrected chi connectivity index (χ4v) is 2.37. The van der Waals surface area contributed by atoms with Gasteiger partial charge in [0.2, 0.25) is 0 Å². The molecule has 2 aromatic rings. The third-order valence-electron chi connectivity index (χ3n) is 3.48. The van der Waals surface area contributed by atoms with Crippen LogP contribution in [0.25, 0.3) is 5.65 Å². The largest absolute Gasteiger partial charge is 0.476 e. The molecule has 2 N–H and O–H groups in total. The zero-order valence-electron chi connectivity index (χ0n) is 13.3. The Labute approximate surface area is 133 Å². The molecule has 1 aliphatic rings. The lowest BCUT2D eigenvalue weighted by atomic mass is 10.2. The van der Waals surface area contributed by atoms with E-state index in [9.17, 15) is 9.59 Å². The van der Waals surface area contributed by atoms with Gasteiger partial charge in [0.25, 0.3) is 0 Å². The minimum Gasteiger partial charge on any atom is -0.476 e. The summed E-state index contributed by atoms with van der Waals surface area (Å²) in [5.41, 5.74) is 1.22. The summed E-state index contributed by atoms with van der Waals surface area (Å²) >= 11 is 0. The first kappa shape index (κ1) is 15.3. The molecule has 0 atom stereocenters. The minimum atomic E-state index is -1.11. The van der Waals surface area contributed by atoms with Gasteiger partial charge in [-0.15, -0.1) is 0 Å². The Morgan fingerprint density at radius 1 is 1.35 bits per heavy atom. The number of carboxylic acid groups (broad SMARTS) is 1. The van der Waals surface area contributed by atoms with Gasteiger partial charge in [-0.05, 0) is 51.2 Å². The molecule has 0 aromatic carbocycles. The lowest BCUT2D eigenvalue weighted by molar-refractivity contribution is 0.0634. The summed E-state index contributed by atoms with van der Waals surface area (Å²) in [5.74, 6) is -0.654. The van der Waals surface area contributed by atoms with Gasteiger partial charge >= 0.3 is 12.1 Å². The third-order valence-corrected chi connectivity index (χ3v) is 3.48. The maximum atomic E-state index is 12.0. The molecule has 2 aromatic heterocycles. The first-order valence-corrected chi connectivity index (χ1v) is 7.49. The highest BCUT2D eigenvalue weighted by Gasteiger charge is 2.26. The Hall–Kier alpha value is -2.57. The smallest absolute Gasteiger partial charge is 0.412 e. The molecule has 7 heteroatoms. The summed E-state index contributed by atoms with van der Waals surface area (Å²) in [5, 5.41) is 11.8. The molecular formula is C16H19N3O4. The van der Waals surface area contributed by atoms with Crippen molar-refractivity contribution in [2.24, 2.45) is 0 Å². The van der Waals surface area contributed by atoms with Crippen molar-refractivity contribution in [1.29, 1.82) is 0 Å². The van der Waals surface area contributed by atoms with Crippen LogP contribution in [0.2, 0.25) is 0 Å². The fraction of sp³-hybridized carbons (Fsp3) is 0.438. The first-order valence-electron chi connectivity index (χ1n) is 7.49.